The van der Waals surface area contributed by atoms with Crippen LogP contribution < -0.4 is 10.1 Å². The molecule has 0 radical (unpaired) electrons. The maximum absolute atomic E-state index is 13.0. The Labute approximate surface area is 144 Å². The standard InChI is InChI=1S/C18H17ClFNO3/c19-16-10-13(20)5-8-17(16)21-18(22)12-3-6-14(7-4-12)24-11-15-2-1-9-23-15/h3-8,10,15H,1-2,9,11H2,(H,21,22). The number of ether oxygens (including phenoxy) is 2. The molecule has 2 aromatic carbocycles. The van der Waals surface area contributed by atoms with E-state index in [1.807, 2.05) is 0 Å². The van der Waals surface area contributed by atoms with E-state index >= 15 is 0 Å². The monoisotopic (exact) mass is 349 g/mol. The molecule has 1 atom stereocenters. The molecule has 6 heteroatoms. The molecule has 2 aromatic rings. The van der Waals surface area contributed by atoms with E-state index in [0.717, 1.165) is 25.5 Å². The SMILES string of the molecule is O=C(Nc1ccc(F)cc1Cl)c1ccc(OCC2CCCO2)cc1. The van der Waals surface area contributed by atoms with Gasteiger partial charge in [0, 0.05) is 12.2 Å². The van der Waals surface area contributed by atoms with Crippen molar-refractivity contribution in [2.45, 2.75) is 18.9 Å². The van der Waals surface area contributed by atoms with Crippen LogP contribution in [0.25, 0.3) is 0 Å². The molecule has 0 aliphatic carbocycles. The van der Waals surface area contributed by atoms with E-state index in [9.17, 15) is 9.18 Å². The molecule has 3 rings (SSSR count). The van der Waals surface area contributed by atoms with Crippen LogP contribution in [-0.4, -0.2) is 25.2 Å². The molecule has 24 heavy (non-hydrogen) atoms. The lowest BCUT2D eigenvalue weighted by molar-refractivity contribution is 0.0679. The molecular formula is C18H17ClFNO3. The molecule has 0 aromatic heterocycles. The fraction of sp³-hybridized carbons (Fsp3) is 0.278. The van der Waals surface area contributed by atoms with Gasteiger partial charge in [0.15, 0.2) is 0 Å². The van der Waals surface area contributed by atoms with Gasteiger partial charge in [0.25, 0.3) is 5.91 Å². The summed E-state index contributed by atoms with van der Waals surface area (Å²) in [6, 6.07) is 10.6. The Balaban J connectivity index is 1.58. The van der Waals surface area contributed by atoms with E-state index in [-0.39, 0.29) is 17.0 Å². The average Bonchev–Trinajstić information content (AvgIpc) is 3.09. The Morgan fingerprint density at radius 1 is 1.29 bits per heavy atom. The van der Waals surface area contributed by atoms with Crippen LogP contribution >= 0.6 is 11.6 Å². The van der Waals surface area contributed by atoms with Crippen molar-refractivity contribution in [3.05, 3.63) is 58.9 Å². The van der Waals surface area contributed by atoms with Gasteiger partial charge in [-0.25, -0.2) is 4.39 Å². The van der Waals surface area contributed by atoms with Crippen molar-refractivity contribution in [2.24, 2.45) is 0 Å². The summed E-state index contributed by atoms with van der Waals surface area (Å²) < 4.78 is 24.2. The van der Waals surface area contributed by atoms with E-state index in [4.69, 9.17) is 21.1 Å². The van der Waals surface area contributed by atoms with E-state index in [1.54, 1.807) is 24.3 Å². The van der Waals surface area contributed by atoms with Crippen molar-refractivity contribution in [1.82, 2.24) is 0 Å². The zero-order valence-corrected chi connectivity index (χ0v) is 13.7. The maximum atomic E-state index is 13.0. The molecule has 0 bridgehead atoms. The summed E-state index contributed by atoms with van der Waals surface area (Å²) in [6.07, 6.45) is 2.23. The molecule has 4 nitrogen and oxygen atoms in total. The first-order valence-electron chi connectivity index (χ1n) is 7.73. The largest absolute Gasteiger partial charge is 0.491 e. The Bertz CT molecular complexity index is 715. The first-order valence-corrected chi connectivity index (χ1v) is 8.10. The van der Waals surface area contributed by atoms with E-state index in [1.165, 1.54) is 12.1 Å². The first-order chi connectivity index (χ1) is 11.6. The number of rotatable bonds is 5. The Morgan fingerprint density at radius 3 is 2.75 bits per heavy atom. The second-order valence-electron chi connectivity index (χ2n) is 5.55. The zero-order valence-electron chi connectivity index (χ0n) is 12.9. The summed E-state index contributed by atoms with van der Waals surface area (Å²) in [4.78, 5) is 12.2. The van der Waals surface area contributed by atoms with Gasteiger partial charge in [0.2, 0.25) is 0 Å². The summed E-state index contributed by atoms with van der Waals surface area (Å²) in [5.74, 6) is -0.0956. The van der Waals surface area contributed by atoms with Crippen LogP contribution in [0.1, 0.15) is 23.2 Å². The lowest BCUT2D eigenvalue weighted by atomic mass is 10.2. The van der Waals surface area contributed by atoms with Crippen LogP contribution in [0.3, 0.4) is 0 Å². The van der Waals surface area contributed by atoms with Crippen molar-refractivity contribution in [2.75, 3.05) is 18.5 Å². The molecule has 0 saturated carbocycles. The van der Waals surface area contributed by atoms with Gasteiger partial charge in [0.1, 0.15) is 18.2 Å². The predicted octanol–water partition coefficient (Wildman–Crippen LogP) is 4.29. The quantitative estimate of drug-likeness (QED) is 0.876. The highest BCUT2D eigenvalue weighted by atomic mass is 35.5. The molecule has 1 saturated heterocycles. The van der Waals surface area contributed by atoms with Crippen LogP contribution in [0.4, 0.5) is 10.1 Å². The number of hydrogen-bond donors (Lipinski definition) is 1. The van der Waals surface area contributed by atoms with Crippen molar-refractivity contribution < 1.29 is 18.7 Å². The molecule has 0 spiro atoms. The van der Waals surface area contributed by atoms with Gasteiger partial charge in [-0.3, -0.25) is 4.79 Å². The van der Waals surface area contributed by atoms with Gasteiger partial charge in [-0.05, 0) is 55.3 Å². The van der Waals surface area contributed by atoms with Crippen LogP contribution in [0.2, 0.25) is 5.02 Å². The summed E-state index contributed by atoms with van der Waals surface area (Å²) >= 11 is 5.90. The van der Waals surface area contributed by atoms with Crippen molar-refractivity contribution >= 4 is 23.2 Å². The second kappa shape index (κ2) is 7.64. The number of benzene rings is 2. The maximum Gasteiger partial charge on any atom is 0.255 e. The molecule has 1 aliphatic rings. The average molecular weight is 350 g/mol. The predicted molar refractivity (Wildman–Crippen MR) is 90.3 cm³/mol. The highest BCUT2D eigenvalue weighted by molar-refractivity contribution is 6.33. The summed E-state index contributed by atoms with van der Waals surface area (Å²) in [5.41, 5.74) is 0.821. The number of anilines is 1. The highest BCUT2D eigenvalue weighted by Gasteiger charge is 2.16. The fourth-order valence-electron chi connectivity index (χ4n) is 2.45. The lowest BCUT2D eigenvalue weighted by Crippen LogP contribution is -2.16. The first kappa shape index (κ1) is 16.7. The molecule has 1 fully saturated rings. The second-order valence-corrected chi connectivity index (χ2v) is 5.96. The third kappa shape index (κ3) is 4.24. The highest BCUT2D eigenvalue weighted by Crippen LogP contribution is 2.23. The minimum absolute atomic E-state index is 0.147. The smallest absolute Gasteiger partial charge is 0.255 e. The van der Waals surface area contributed by atoms with E-state index in [2.05, 4.69) is 5.32 Å². The van der Waals surface area contributed by atoms with Gasteiger partial charge in [-0.1, -0.05) is 11.6 Å². The van der Waals surface area contributed by atoms with Crippen LogP contribution in [-0.2, 0) is 4.74 Å². The molecule has 1 heterocycles. The van der Waals surface area contributed by atoms with Crippen molar-refractivity contribution in [1.29, 1.82) is 0 Å². The molecule has 1 unspecified atom stereocenters. The molecule has 1 amide bonds. The van der Waals surface area contributed by atoms with Gasteiger partial charge in [-0.15, -0.1) is 0 Å². The Morgan fingerprint density at radius 2 is 2.08 bits per heavy atom. The minimum Gasteiger partial charge on any atom is -0.491 e. The number of carbonyl (C=O) groups excluding carboxylic acids is 1. The summed E-state index contributed by atoms with van der Waals surface area (Å²) in [6.45, 7) is 1.30. The van der Waals surface area contributed by atoms with Gasteiger partial charge in [0.05, 0.1) is 16.8 Å². The third-order valence-corrected chi connectivity index (χ3v) is 4.07. The number of hydrogen-bond acceptors (Lipinski definition) is 3. The number of amides is 1. The zero-order chi connectivity index (χ0) is 16.9. The van der Waals surface area contributed by atoms with Crippen LogP contribution in [0, 0.1) is 5.82 Å². The van der Waals surface area contributed by atoms with Gasteiger partial charge < -0.3 is 14.8 Å². The number of halogens is 2. The molecule has 1 aliphatic heterocycles. The van der Waals surface area contributed by atoms with Gasteiger partial charge in [-0.2, -0.15) is 0 Å². The normalized spacial score (nSPS) is 16.8. The van der Waals surface area contributed by atoms with E-state index < -0.39 is 5.82 Å². The molecule has 126 valence electrons. The molecule has 1 N–H and O–H groups in total. The Kier molecular flexibility index (Phi) is 5.33. The topological polar surface area (TPSA) is 47.6 Å². The van der Waals surface area contributed by atoms with Crippen molar-refractivity contribution in [3.8, 4) is 5.75 Å². The Hall–Kier alpha value is -2.11. The van der Waals surface area contributed by atoms with Crippen LogP contribution in [0.15, 0.2) is 42.5 Å². The van der Waals surface area contributed by atoms with Gasteiger partial charge >= 0.3 is 0 Å². The number of nitrogens with one attached hydrogen (secondary N) is 1. The van der Waals surface area contributed by atoms with E-state index in [0.29, 0.717) is 23.6 Å². The molecular weight excluding hydrogens is 333 g/mol. The van der Waals surface area contributed by atoms with Crippen LogP contribution in [0.5, 0.6) is 5.75 Å². The fourth-order valence-corrected chi connectivity index (χ4v) is 2.67. The summed E-state index contributed by atoms with van der Waals surface area (Å²) in [7, 11) is 0. The third-order valence-electron chi connectivity index (χ3n) is 3.76. The van der Waals surface area contributed by atoms with Crippen molar-refractivity contribution in [3.63, 3.8) is 0 Å². The minimum atomic E-state index is -0.453. The lowest BCUT2D eigenvalue weighted by Gasteiger charge is -2.12. The number of carbonyl (C=O) groups is 1. The summed E-state index contributed by atoms with van der Waals surface area (Å²) in [5, 5.41) is 2.80.